The number of nitrogens with one attached hydrogen (secondary N) is 1. The van der Waals surface area contributed by atoms with Gasteiger partial charge in [0.05, 0.1) is 25.4 Å². The fourth-order valence-electron chi connectivity index (χ4n) is 9.16. The molecule has 0 fully saturated rings. The summed E-state index contributed by atoms with van der Waals surface area (Å²) in [6.07, 6.45) is 67.5. The van der Waals surface area contributed by atoms with E-state index in [4.69, 9.17) is 4.74 Å². The molecule has 0 saturated heterocycles. The lowest BCUT2D eigenvalue weighted by Gasteiger charge is -2.22. The minimum Gasteiger partial charge on any atom is -0.466 e. The molecule has 0 aliphatic carbocycles. The molecule has 0 aromatic rings. The van der Waals surface area contributed by atoms with Crippen molar-refractivity contribution in [2.24, 2.45) is 0 Å². The highest BCUT2D eigenvalue weighted by Gasteiger charge is 2.20. The Labute approximate surface area is 411 Å². The number of allylic oxidation sites excluding steroid dienone is 4. The van der Waals surface area contributed by atoms with E-state index >= 15 is 0 Å². The van der Waals surface area contributed by atoms with Crippen LogP contribution in [0.1, 0.15) is 322 Å². The molecule has 66 heavy (non-hydrogen) atoms. The predicted molar refractivity (Wildman–Crippen MR) is 287 cm³/mol. The van der Waals surface area contributed by atoms with Crippen LogP contribution in [-0.4, -0.2) is 47.4 Å². The van der Waals surface area contributed by atoms with Crippen LogP contribution >= 0.6 is 0 Å². The molecule has 0 aromatic heterocycles. The highest BCUT2D eigenvalue weighted by Crippen LogP contribution is 2.17. The number of rotatable bonds is 55. The van der Waals surface area contributed by atoms with Crippen LogP contribution in [0.2, 0.25) is 0 Å². The van der Waals surface area contributed by atoms with Crippen molar-refractivity contribution in [1.82, 2.24) is 5.32 Å². The molecule has 2 atom stereocenters. The second-order valence-electron chi connectivity index (χ2n) is 20.3. The van der Waals surface area contributed by atoms with Gasteiger partial charge in [0.15, 0.2) is 0 Å². The van der Waals surface area contributed by atoms with Gasteiger partial charge in [-0.15, -0.1) is 0 Å². The molecule has 1 amide bonds. The van der Waals surface area contributed by atoms with Gasteiger partial charge in [0.25, 0.3) is 0 Å². The largest absolute Gasteiger partial charge is 0.466 e. The van der Waals surface area contributed by atoms with Gasteiger partial charge in [-0.2, -0.15) is 0 Å². The van der Waals surface area contributed by atoms with Crippen molar-refractivity contribution in [3.63, 3.8) is 0 Å². The zero-order chi connectivity index (χ0) is 47.9. The summed E-state index contributed by atoms with van der Waals surface area (Å²) in [6, 6.07) is -0.544. The molecule has 0 heterocycles. The Kier molecular flexibility index (Phi) is 54.5. The molecule has 0 spiro atoms. The number of ether oxygens (including phenoxy) is 1. The van der Waals surface area contributed by atoms with E-state index in [-0.39, 0.29) is 18.5 Å². The highest BCUT2D eigenvalue weighted by molar-refractivity contribution is 5.76. The van der Waals surface area contributed by atoms with Crippen molar-refractivity contribution >= 4 is 11.9 Å². The number of carbonyl (C=O) groups is 2. The zero-order valence-electron chi connectivity index (χ0n) is 44.4. The number of amides is 1. The van der Waals surface area contributed by atoms with Crippen LogP contribution in [0, 0.1) is 0 Å². The third-order valence-corrected chi connectivity index (χ3v) is 13.7. The number of hydrogen-bond donors (Lipinski definition) is 3. The van der Waals surface area contributed by atoms with Crippen molar-refractivity contribution in [2.75, 3.05) is 13.2 Å². The number of hydrogen-bond acceptors (Lipinski definition) is 5. The van der Waals surface area contributed by atoms with E-state index in [0.29, 0.717) is 25.9 Å². The van der Waals surface area contributed by atoms with Gasteiger partial charge < -0.3 is 20.3 Å². The lowest BCUT2D eigenvalue weighted by Crippen LogP contribution is -2.45. The van der Waals surface area contributed by atoms with Gasteiger partial charge in [-0.25, -0.2) is 0 Å². The Balaban J connectivity index is 3.40. The summed E-state index contributed by atoms with van der Waals surface area (Å²) in [5, 5.41) is 23.2. The van der Waals surface area contributed by atoms with Gasteiger partial charge in [0.1, 0.15) is 0 Å². The summed E-state index contributed by atoms with van der Waals surface area (Å²) < 4.78 is 5.46. The van der Waals surface area contributed by atoms with E-state index in [1.807, 2.05) is 0 Å². The quantitative estimate of drug-likeness (QED) is 0.0321. The Morgan fingerprint density at radius 2 is 0.712 bits per heavy atom. The molecular formula is C60H115NO5. The second kappa shape index (κ2) is 55.9. The minimum absolute atomic E-state index is 0.00246. The first-order valence-corrected chi connectivity index (χ1v) is 29.6. The molecule has 6 heteroatoms. The Morgan fingerprint density at radius 3 is 1.11 bits per heavy atom. The van der Waals surface area contributed by atoms with Crippen molar-refractivity contribution < 1.29 is 24.5 Å². The topological polar surface area (TPSA) is 95.9 Å². The lowest BCUT2D eigenvalue weighted by atomic mass is 10.0. The summed E-state index contributed by atoms with van der Waals surface area (Å²) in [5.74, 6) is -0.0364. The number of unbranched alkanes of at least 4 members (excludes halogenated alkanes) is 40. The van der Waals surface area contributed by atoms with Gasteiger partial charge in [-0.3, -0.25) is 9.59 Å². The molecule has 0 aromatic carbocycles. The summed E-state index contributed by atoms with van der Waals surface area (Å²) >= 11 is 0. The van der Waals surface area contributed by atoms with Gasteiger partial charge in [0, 0.05) is 12.8 Å². The number of carbonyl (C=O) groups excluding carboxylic acids is 2. The molecule has 0 aliphatic rings. The monoisotopic (exact) mass is 930 g/mol. The van der Waals surface area contributed by atoms with Gasteiger partial charge in [0.2, 0.25) is 5.91 Å². The van der Waals surface area contributed by atoms with Crippen LogP contribution < -0.4 is 5.32 Å². The molecule has 6 nitrogen and oxygen atoms in total. The fraction of sp³-hybridized carbons (Fsp3) is 0.900. The molecule has 2 unspecified atom stereocenters. The van der Waals surface area contributed by atoms with Crippen molar-refractivity contribution in [3.05, 3.63) is 24.3 Å². The van der Waals surface area contributed by atoms with Crippen LogP contribution in [-0.2, 0) is 14.3 Å². The van der Waals surface area contributed by atoms with E-state index in [0.717, 1.165) is 44.9 Å². The van der Waals surface area contributed by atoms with E-state index in [2.05, 4.69) is 43.5 Å². The molecule has 0 bridgehead atoms. The van der Waals surface area contributed by atoms with Crippen LogP contribution in [0.5, 0.6) is 0 Å². The first kappa shape index (κ1) is 64.3. The Bertz CT molecular complexity index is 1030. The Hall–Kier alpha value is -1.66. The summed E-state index contributed by atoms with van der Waals surface area (Å²) in [7, 11) is 0. The third kappa shape index (κ3) is 51.7. The van der Waals surface area contributed by atoms with Crippen LogP contribution in [0.15, 0.2) is 24.3 Å². The average Bonchev–Trinajstić information content (AvgIpc) is 3.32. The van der Waals surface area contributed by atoms with E-state index in [1.54, 1.807) is 0 Å². The molecular weight excluding hydrogens is 815 g/mol. The van der Waals surface area contributed by atoms with E-state index < -0.39 is 12.1 Å². The maximum atomic E-state index is 12.5. The molecule has 3 N–H and O–H groups in total. The van der Waals surface area contributed by atoms with E-state index in [9.17, 15) is 19.8 Å². The van der Waals surface area contributed by atoms with Gasteiger partial charge in [-0.1, -0.05) is 256 Å². The maximum absolute atomic E-state index is 12.5. The molecule has 0 radical (unpaired) electrons. The van der Waals surface area contributed by atoms with Crippen molar-refractivity contribution in [3.8, 4) is 0 Å². The lowest BCUT2D eigenvalue weighted by molar-refractivity contribution is -0.143. The SMILES string of the molecule is CCCCC/C=C\CCCCCCCC(=O)OCCCCCCCCCCCCCC/C=C\CCCCCCCCCCC(=O)NC(CO)C(O)CCCCCCCCCCCCCCC. The first-order valence-electron chi connectivity index (χ1n) is 29.6. The van der Waals surface area contributed by atoms with Gasteiger partial charge >= 0.3 is 5.97 Å². The minimum atomic E-state index is -0.666. The normalized spacial score (nSPS) is 12.7. The second-order valence-corrected chi connectivity index (χ2v) is 20.3. The smallest absolute Gasteiger partial charge is 0.305 e. The van der Waals surface area contributed by atoms with Crippen LogP contribution in [0.3, 0.4) is 0 Å². The summed E-state index contributed by atoms with van der Waals surface area (Å²) in [4.78, 5) is 24.5. The summed E-state index contributed by atoms with van der Waals surface area (Å²) in [6.45, 7) is 4.93. The van der Waals surface area contributed by atoms with Crippen LogP contribution in [0.4, 0.5) is 0 Å². The Morgan fingerprint density at radius 1 is 0.409 bits per heavy atom. The third-order valence-electron chi connectivity index (χ3n) is 13.7. The number of aliphatic hydroxyl groups excluding tert-OH is 2. The van der Waals surface area contributed by atoms with Crippen LogP contribution in [0.25, 0.3) is 0 Å². The number of aliphatic hydroxyl groups is 2. The van der Waals surface area contributed by atoms with Crippen molar-refractivity contribution in [1.29, 1.82) is 0 Å². The molecule has 390 valence electrons. The van der Waals surface area contributed by atoms with E-state index in [1.165, 1.54) is 244 Å². The molecule has 0 rings (SSSR count). The predicted octanol–water partition coefficient (Wildman–Crippen LogP) is 18.2. The van der Waals surface area contributed by atoms with Crippen molar-refractivity contribution in [2.45, 2.75) is 334 Å². The average molecular weight is 931 g/mol. The van der Waals surface area contributed by atoms with Gasteiger partial charge in [-0.05, 0) is 77.0 Å². The first-order chi connectivity index (χ1) is 32.5. The standard InChI is InChI=1S/C60H115NO5/c1-3-5-7-9-11-13-15-29-32-36-40-44-48-52-58(63)57(56-62)61-59(64)53-49-45-41-37-33-30-27-25-23-21-19-17-18-20-22-24-26-28-31-35-39-43-47-51-55-66-60(65)54-50-46-42-38-34-16-14-12-10-8-6-4-2/h12,14,19,21,57-58,62-63H,3-11,13,15-18,20,22-56H2,1-2H3,(H,61,64)/b14-12-,21-19-. The molecule has 0 saturated carbocycles. The highest BCUT2D eigenvalue weighted by atomic mass is 16.5. The summed E-state index contributed by atoms with van der Waals surface area (Å²) in [5.41, 5.74) is 0. The molecule has 0 aliphatic heterocycles. The fourth-order valence-corrected chi connectivity index (χ4v) is 9.16. The maximum Gasteiger partial charge on any atom is 0.305 e. The number of esters is 1. The zero-order valence-corrected chi connectivity index (χ0v) is 44.4.